The van der Waals surface area contributed by atoms with E-state index in [-0.39, 0.29) is 23.6 Å². The van der Waals surface area contributed by atoms with Gasteiger partial charge in [-0.2, -0.15) is 0 Å². The fourth-order valence-corrected chi connectivity index (χ4v) is 3.65. The number of amides is 2. The molecule has 8 heteroatoms. The van der Waals surface area contributed by atoms with Crippen molar-refractivity contribution in [1.82, 2.24) is 4.90 Å². The number of carbonyl (C=O) groups is 2. The van der Waals surface area contributed by atoms with E-state index in [9.17, 15) is 22.8 Å². The molecule has 1 heterocycles. The van der Waals surface area contributed by atoms with E-state index in [1.165, 1.54) is 12.1 Å². The van der Waals surface area contributed by atoms with Crippen molar-refractivity contribution in [1.29, 1.82) is 0 Å². The third-order valence-corrected chi connectivity index (χ3v) is 5.50. The van der Waals surface area contributed by atoms with Gasteiger partial charge in [-0.25, -0.2) is 0 Å². The lowest BCUT2D eigenvalue weighted by Crippen LogP contribution is -2.32. The number of alkyl halides is 3. The van der Waals surface area contributed by atoms with Crippen LogP contribution in [0.25, 0.3) is 5.57 Å². The van der Waals surface area contributed by atoms with Crippen LogP contribution in [-0.4, -0.2) is 23.1 Å². The molecule has 1 N–H and O–H groups in total. The lowest BCUT2D eigenvalue weighted by molar-refractivity contribution is -0.274. The third kappa shape index (κ3) is 4.96. The van der Waals surface area contributed by atoms with Crippen LogP contribution in [0.4, 0.5) is 18.9 Å². The van der Waals surface area contributed by atoms with E-state index < -0.39 is 18.2 Å². The molecule has 1 aliphatic heterocycles. The number of imide groups is 1. The normalized spacial score (nSPS) is 14.1. The van der Waals surface area contributed by atoms with Gasteiger partial charge in [0.15, 0.2) is 0 Å². The molecule has 1 aliphatic rings. The summed E-state index contributed by atoms with van der Waals surface area (Å²) in [6.07, 6.45) is -4.81. The summed E-state index contributed by atoms with van der Waals surface area (Å²) in [6, 6.07) is 19.6. The molecule has 0 bridgehead atoms. The Morgan fingerprint density at radius 3 is 2.15 bits per heavy atom. The predicted octanol–water partition coefficient (Wildman–Crippen LogP) is 5.59. The molecule has 4 rings (SSSR count). The molecule has 3 aromatic carbocycles. The number of halogens is 3. The van der Waals surface area contributed by atoms with Gasteiger partial charge < -0.3 is 10.1 Å². The van der Waals surface area contributed by atoms with Gasteiger partial charge in [0, 0.05) is 5.69 Å². The van der Waals surface area contributed by atoms with Crippen molar-refractivity contribution in [2.75, 3.05) is 5.32 Å². The Morgan fingerprint density at radius 1 is 0.853 bits per heavy atom. The molecule has 0 atom stereocenters. The largest absolute Gasteiger partial charge is 0.573 e. The molecule has 174 valence electrons. The van der Waals surface area contributed by atoms with Crippen LogP contribution in [-0.2, 0) is 16.1 Å². The van der Waals surface area contributed by atoms with Gasteiger partial charge in [-0.3, -0.25) is 14.5 Å². The molecule has 3 aromatic rings. The van der Waals surface area contributed by atoms with Crippen LogP contribution in [0.1, 0.15) is 22.3 Å². The monoisotopic (exact) mass is 466 g/mol. The minimum Gasteiger partial charge on any atom is -0.406 e. The molecule has 34 heavy (non-hydrogen) atoms. The Morgan fingerprint density at radius 2 is 1.53 bits per heavy atom. The fraction of sp³-hybridized carbons (Fsp3) is 0.154. The van der Waals surface area contributed by atoms with Crippen molar-refractivity contribution >= 4 is 23.1 Å². The van der Waals surface area contributed by atoms with Crippen molar-refractivity contribution in [3.8, 4) is 5.75 Å². The Hall–Kier alpha value is -4.07. The number of hydrogen-bond donors (Lipinski definition) is 1. The van der Waals surface area contributed by atoms with Crippen LogP contribution in [0.5, 0.6) is 5.75 Å². The first-order valence-corrected chi connectivity index (χ1v) is 10.5. The molecule has 0 fully saturated rings. The molecular formula is C26H21F3N2O3. The SMILES string of the molecule is Cc1ccc(C2=C(Nc3ccc(OC(F)(F)F)cc3)C(=O)N(Cc3ccccc3)C2=O)cc1C. The van der Waals surface area contributed by atoms with Crippen LogP contribution in [0.3, 0.4) is 0 Å². The standard InChI is InChI=1S/C26H21F3N2O3/c1-16-8-9-19(14-17(16)2)22-23(30-20-10-12-21(13-11-20)34-26(27,28)29)25(33)31(24(22)32)15-18-6-4-3-5-7-18/h3-14,30H,15H2,1-2H3. The van der Waals surface area contributed by atoms with Gasteiger partial charge in [0.1, 0.15) is 11.4 Å². The number of carbonyl (C=O) groups excluding carboxylic acids is 2. The quantitative estimate of drug-likeness (QED) is 0.481. The van der Waals surface area contributed by atoms with Crippen molar-refractivity contribution in [2.45, 2.75) is 26.8 Å². The number of nitrogens with one attached hydrogen (secondary N) is 1. The van der Waals surface area contributed by atoms with Gasteiger partial charge in [-0.05, 0) is 60.4 Å². The summed E-state index contributed by atoms with van der Waals surface area (Å²) >= 11 is 0. The van der Waals surface area contributed by atoms with E-state index in [4.69, 9.17) is 0 Å². The highest BCUT2D eigenvalue weighted by molar-refractivity contribution is 6.36. The second kappa shape index (κ2) is 9.05. The smallest absolute Gasteiger partial charge is 0.406 e. The van der Waals surface area contributed by atoms with Gasteiger partial charge >= 0.3 is 6.36 Å². The zero-order valence-electron chi connectivity index (χ0n) is 18.4. The zero-order valence-corrected chi connectivity index (χ0v) is 18.4. The number of rotatable bonds is 6. The zero-order chi connectivity index (χ0) is 24.5. The molecule has 5 nitrogen and oxygen atoms in total. The van der Waals surface area contributed by atoms with E-state index in [1.807, 2.05) is 56.3 Å². The van der Waals surface area contributed by atoms with Gasteiger partial charge in [0.2, 0.25) is 0 Å². The Balaban J connectivity index is 1.70. The minimum atomic E-state index is -4.81. The highest BCUT2D eigenvalue weighted by atomic mass is 19.4. The number of nitrogens with zero attached hydrogens (tertiary/aromatic N) is 1. The maximum Gasteiger partial charge on any atom is 0.573 e. The molecule has 0 saturated heterocycles. The van der Waals surface area contributed by atoms with Gasteiger partial charge in [0.25, 0.3) is 11.8 Å². The number of anilines is 1. The highest BCUT2D eigenvalue weighted by Gasteiger charge is 2.39. The minimum absolute atomic E-state index is 0.0636. The number of hydrogen-bond acceptors (Lipinski definition) is 4. The Kier molecular flexibility index (Phi) is 6.15. The summed E-state index contributed by atoms with van der Waals surface area (Å²) in [7, 11) is 0. The van der Waals surface area contributed by atoms with Gasteiger partial charge in [-0.1, -0.05) is 48.5 Å². The first kappa shape index (κ1) is 23.1. The summed E-state index contributed by atoms with van der Waals surface area (Å²) < 4.78 is 41.3. The van der Waals surface area contributed by atoms with Crippen LogP contribution < -0.4 is 10.1 Å². The Labute approximate surface area is 194 Å². The lowest BCUT2D eigenvalue weighted by Gasteiger charge is -2.15. The highest BCUT2D eigenvalue weighted by Crippen LogP contribution is 2.33. The van der Waals surface area contributed by atoms with Gasteiger partial charge in [0.05, 0.1) is 12.1 Å². The first-order chi connectivity index (χ1) is 16.1. The third-order valence-electron chi connectivity index (χ3n) is 5.50. The van der Waals surface area contributed by atoms with E-state index in [0.29, 0.717) is 11.3 Å². The summed E-state index contributed by atoms with van der Waals surface area (Å²) in [5, 5.41) is 2.94. The van der Waals surface area contributed by atoms with Crippen LogP contribution in [0.15, 0.2) is 78.5 Å². The van der Waals surface area contributed by atoms with Gasteiger partial charge in [-0.15, -0.1) is 13.2 Å². The van der Waals surface area contributed by atoms with Crippen LogP contribution in [0, 0.1) is 13.8 Å². The van der Waals surface area contributed by atoms with E-state index in [0.717, 1.165) is 33.7 Å². The predicted molar refractivity (Wildman–Crippen MR) is 122 cm³/mol. The summed E-state index contributed by atoms with van der Waals surface area (Å²) in [6.45, 7) is 3.95. The van der Waals surface area contributed by atoms with Crippen molar-refractivity contribution in [3.05, 3.63) is 101 Å². The maximum absolute atomic E-state index is 13.4. The molecule has 0 unspecified atom stereocenters. The number of ether oxygens (including phenoxy) is 1. The van der Waals surface area contributed by atoms with E-state index in [2.05, 4.69) is 10.1 Å². The summed E-state index contributed by atoms with van der Waals surface area (Å²) in [5.41, 5.74) is 3.98. The van der Waals surface area contributed by atoms with Crippen molar-refractivity contribution in [3.63, 3.8) is 0 Å². The average Bonchev–Trinajstić information content (AvgIpc) is 3.01. The molecule has 0 aliphatic carbocycles. The maximum atomic E-state index is 13.4. The average molecular weight is 466 g/mol. The van der Waals surface area contributed by atoms with Crippen LogP contribution >= 0.6 is 0 Å². The Bertz CT molecular complexity index is 1270. The topological polar surface area (TPSA) is 58.6 Å². The van der Waals surface area contributed by atoms with E-state index in [1.54, 1.807) is 6.07 Å². The molecule has 0 aromatic heterocycles. The number of benzene rings is 3. The molecule has 0 spiro atoms. The lowest BCUT2D eigenvalue weighted by atomic mass is 9.99. The second-order valence-corrected chi connectivity index (χ2v) is 7.93. The fourth-order valence-electron chi connectivity index (χ4n) is 3.65. The molecular weight excluding hydrogens is 445 g/mol. The second-order valence-electron chi connectivity index (χ2n) is 7.93. The first-order valence-electron chi connectivity index (χ1n) is 10.5. The van der Waals surface area contributed by atoms with E-state index >= 15 is 0 Å². The molecule has 2 amide bonds. The van der Waals surface area contributed by atoms with Crippen molar-refractivity contribution < 1.29 is 27.5 Å². The molecule has 0 radical (unpaired) electrons. The summed E-state index contributed by atoms with van der Waals surface area (Å²) in [5.74, 6) is -1.35. The molecule has 0 saturated carbocycles. The van der Waals surface area contributed by atoms with Crippen LogP contribution in [0.2, 0.25) is 0 Å². The number of aryl methyl sites for hydroxylation is 2. The summed E-state index contributed by atoms with van der Waals surface area (Å²) in [4.78, 5) is 27.9. The van der Waals surface area contributed by atoms with Crippen molar-refractivity contribution in [2.24, 2.45) is 0 Å².